The van der Waals surface area contributed by atoms with E-state index in [9.17, 15) is 0 Å². The van der Waals surface area contributed by atoms with Crippen molar-refractivity contribution < 1.29 is 0 Å². The molecule has 0 radical (unpaired) electrons. The maximum absolute atomic E-state index is 2.45. The van der Waals surface area contributed by atoms with Crippen molar-refractivity contribution in [2.75, 3.05) is 4.90 Å². The van der Waals surface area contributed by atoms with Crippen LogP contribution in [0.25, 0.3) is 97.1 Å². The fourth-order valence-electron chi connectivity index (χ4n) is 9.90. The summed E-state index contributed by atoms with van der Waals surface area (Å²) in [6.07, 6.45) is 0. The lowest BCUT2D eigenvalue weighted by Crippen LogP contribution is -2.10. The quantitative estimate of drug-likeness (QED) is 0.163. The van der Waals surface area contributed by atoms with Gasteiger partial charge in [-0.05, 0) is 125 Å². The summed E-state index contributed by atoms with van der Waals surface area (Å²) in [4.78, 5) is 2.39. The molecule has 0 saturated heterocycles. The van der Waals surface area contributed by atoms with Gasteiger partial charge < -0.3 is 14.0 Å². The highest BCUT2D eigenvalue weighted by molar-refractivity contribution is 7.26. The third-order valence-electron chi connectivity index (χ3n) is 12.6. The van der Waals surface area contributed by atoms with Crippen molar-refractivity contribution >= 4 is 103 Å². The molecule has 0 fully saturated rings. The number of para-hydroxylation sites is 4. The standard InChI is InChI=1S/C58H37N3S/c1-4-16-41(17-5-1)59(45-29-30-47-46-23-10-12-25-52(46)60(55(47)36-45)42-18-6-2-7-19-42)44-22-14-15-38(33-44)39-27-31-53-50(34-39)51-37-49-40(35-54(51)61(53)43-20-8-3-9-21-43)28-32-57-58(49)48-24-11-13-26-56(48)62-57/h1-37H. The van der Waals surface area contributed by atoms with Crippen LogP contribution in [0.3, 0.4) is 0 Å². The lowest BCUT2D eigenvalue weighted by atomic mass is 9.99. The first-order valence-electron chi connectivity index (χ1n) is 21.2. The summed E-state index contributed by atoms with van der Waals surface area (Å²) in [5, 5.41) is 10.2. The maximum Gasteiger partial charge on any atom is 0.0561 e. The fourth-order valence-corrected chi connectivity index (χ4v) is 11.0. The third kappa shape index (κ3) is 5.37. The van der Waals surface area contributed by atoms with Crippen LogP contribution in [0.1, 0.15) is 0 Å². The number of nitrogens with zero attached hydrogens (tertiary/aromatic N) is 3. The predicted octanol–water partition coefficient (Wildman–Crippen LogP) is 16.5. The Bertz CT molecular complexity index is 3860. The molecule has 0 aliphatic carbocycles. The van der Waals surface area contributed by atoms with Gasteiger partial charge in [-0.25, -0.2) is 0 Å². The van der Waals surface area contributed by atoms with Crippen LogP contribution >= 0.6 is 11.3 Å². The molecule has 3 aromatic heterocycles. The molecule has 0 bridgehead atoms. The molecule has 13 rings (SSSR count). The molecule has 3 heterocycles. The Morgan fingerprint density at radius 2 is 0.903 bits per heavy atom. The minimum atomic E-state index is 1.10. The van der Waals surface area contributed by atoms with E-state index in [1.165, 1.54) is 80.1 Å². The number of aromatic nitrogens is 2. The summed E-state index contributed by atoms with van der Waals surface area (Å²) < 4.78 is 7.48. The van der Waals surface area contributed by atoms with Crippen LogP contribution in [0.2, 0.25) is 0 Å². The Hall–Kier alpha value is -7.92. The SMILES string of the molecule is c1ccc(N(c2cccc(-c3ccc4c(c3)c3cc5c(ccc6sc7ccccc7c65)cc3n4-c3ccccc3)c2)c2ccc3c4ccccc4n(-c4ccccc4)c3c2)cc1. The van der Waals surface area contributed by atoms with E-state index in [0.717, 1.165) is 34.0 Å². The van der Waals surface area contributed by atoms with E-state index in [1.54, 1.807) is 0 Å². The normalized spacial score (nSPS) is 11.9. The van der Waals surface area contributed by atoms with Crippen LogP contribution in [0.5, 0.6) is 0 Å². The van der Waals surface area contributed by atoms with Crippen LogP contribution in [-0.4, -0.2) is 9.13 Å². The number of fused-ring (bicyclic) bond motifs is 11. The Kier molecular flexibility index (Phi) is 7.78. The van der Waals surface area contributed by atoms with Gasteiger partial charge >= 0.3 is 0 Å². The van der Waals surface area contributed by atoms with Crippen molar-refractivity contribution in [3.63, 3.8) is 0 Å². The smallest absolute Gasteiger partial charge is 0.0561 e. The second-order valence-electron chi connectivity index (χ2n) is 16.1. The van der Waals surface area contributed by atoms with E-state index in [2.05, 4.69) is 238 Å². The minimum Gasteiger partial charge on any atom is -0.310 e. The second-order valence-corrected chi connectivity index (χ2v) is 17.2. The molecule has 10 aromatic carbocycles. The van der Waals surface area contributed by atoms with Crippen LogP contribution in [0.4, 0.5) is 17.1 Å². The Morgan fingerprint density at radius 1 is 0.306 bits per heavy atom. The summed E-state index contributed by atoms with van der Waals surface area (Å²) in [6, 6.07) is 82.2. The van der Waals surface area contributed by atoms with Crippen molar-refractivity contribution in [3.8, 4) is 22.5 Å². The number of rotatable bonds is 6. The second kappa shape index (κ2) is 13.8. The Labute approximate surface area is 362 Å². The molecule has 0 amide bonds. The summed E-state index contributed by atoms with van der Waals surface area (Å²) in [5.41, 5.74) is 12.7. The maximum atomic E-state index is 2.45. The van der Waals surface area contributed by atoms with Crippen molar-refractivity contribution in [2.45, 2.75) is 0 Å². The average Bonchev–Trinajstić information content (AvgIpc) is 3.99. The number of anilines is 3. The Balaban J connectivity index is 1.01. The van der Waals surface area contributed by atoms with Crippen molar-refractivity contribution in [1.82, 2.24) is 9.13 Å². The van der Waals surface area contributed by atoms with Gasteiger partial charge in [-0.15, -0.1) is 11.3 Å². The largest absolute Gasteiger partial charge is 0.310 e. The zero-order chi connectivity index (χ0) is 40.7. The minimum absolute atomic E-state index is 1.10. The highest BCUT2D eigenvalue weighted by Crippen LogP contribution is 2.44. The number of thiophene rings is 1. The molecular weight excluding hydrogens is 771 g/mol. The summed E-state index contributed by atoms with van der Waals surface area (Å²) in [5.74, 6) is 0. The van der Waals surface area contributed by atoms with E-state index in [0.29, 0.717) is 0 Å². The first-order chi connectivity index (χ1) is 30.7. The van der Waals surface area contributed by atoms with Gasteiger partial charge in [0.15, 0.2) is 0 Å². The highest BCUT2D eigenvalue weighted by Gasteiger charge is 2.20. The highest BCUT2D eigenvalue weighted by atomic mass is 32.1. The van der Waals surface area contributed by atoms with E-state index >= 15 is 0 Å². The molecule has 290 valence electrons. The Morgan fingerprint density at radius 3 is 1.69 bits per heavy atom. The van der Waals surface area contributed by atoms with Gasteiger partial charge in [0.05, 0.1) is 22.1 Å². The number of hydrogen-bond acceptors (Lipinski definition) is 2. The summed E-state index contributed by atoms with van der Waals surface area (Å²) in [7, 11) is 0. The molecule has 0 spiro atoms. The van der Waals surface area contributed by atoms with E-state index < -0.39 is 0 Å². The van der Waals surface area contributed by atoms with Gasteiger partial charge in [0.1, 0.15) is 0 Å². The van der Waals surface area contributed by atoms with Crippen LogP contribution in [0, 0.1) is 0 Å². The summed E-state index contributed by atoms with van der Waals surface area (Å²) in [6.45, 7) is 0. The van der Waals surface area contributed by atoms with Crippen LogP contribution < -0.4 is 4.90 Å². The topological polar surface area (TPSA) is 13.1 Å². The van der Waals surface area contributed by atoms with Gasteiger partial charge in [0, 0.05) is 70.2 Å². The zero-order valence-corrected chi connectivity index (χ0v) is 34.4. The van der Waals surface area contributed by atoms with Crippen molar-refractivity contribution in [3.05, 3.63) is 224 Å². The molecule has 0 N–H and O–H groups in total. The van der Waals surface area contributed by atoms with Crippen LogP contribution in [0.15, 0.2) is 224 Å². The van der Waals surface area contributed by atoms with Gasteiger partial charge in [-0.2, -0.15) is 0 Å². The molecule has 4 heteroatoms. The molecule has 13 aromatic rings. The van der Waals surface area contributed by atoms with E-state index in [-0.39, 0.29) is 0 Å². The molecule has 62 heavy (non-hydrogen) atoms. The van der Waals surface area contributed by atoms with Gasteiger partial charge in [0.2, 0.25) is 0 Å². The third-order valence-corrected chi connectivity index (χ3v) is 13.8. The molecule has 3 nitrogen and oxygen atoms in total. The average molecular weight is 808 g/mol. The molecule has 0 saturated carbocycles. The number of benzene rings is 10. The molecule has 0 atom stereocenters. The van der Waals surface area contributed by atoms with Gasteiger partial charge in [-0.3, -0.25) is 0 Å². The van der Waals surface area contributed by atoms with Crippen molar-refractivity contribution in [1.29, 1.82) is 0 Å². The lowest BCUT2D eigenvalue weighted by Gasteiger charge is -2.26. The first-order valence-corrected chi connectivity index (χ1v) is 22.0. The predicted molar refractivity (Wildman–Crippen MR) is 266 cm³/mol. The monoisotopic (exact) mass is 807 g/mol. The molecule has 0 unspecified atom stereocenters. The van der Waals surface area contributed by atoms with E-state index in [4.69, 9.17) is 0 Å². The molecule has 0 aliphatic heterocycles. The fraction of sp³-hybridized carbons (Fsp3) is 0. The van der Waals surface area contributed by atoms with Crippen molar-refractivity contribution in [2.24, 2.45) is 0 Å². The number of hydrogen-bond donors (Lipinski definition) is 0. The first kappa shape index (κ1) is 34.9. The van der Waals surface area contributed by atoms with Crippen LogP contribution in [-0.2, 0) is 0 Å². The van der Waals surface area contributed by atoms with Gasteiger partial charge in [0.25, 0.3) is 0 Å². The molecular formula is C58H37N3S. The molecule has 0 aliphatic rings. The zero-order valence-electron chi connectivity index (χ0n) is 33.6. The summed E-state index contributed by atoms with van der Waals surface area (Å²) >= 11 is 1.88. The van der Waals surface area contributed by atoms with E-state index in [1.807, 2.05) is 11.3 Å². The van der Waals surface area contributed by atoms with Gasteiger partial charge in [-0.1, -0.05) is 121 Å². The lowest BCUT2D eigenvalue weighted by molar-refractivity contribution is 1.18.